The molecule has 2 aromatic heterocycles. The molecule has 0 radical (unpaired) electrons. The average Bonchev–Trinajstić information content (AvgIpc) is 3.14. The van der Waals surface area contributed by atoms with Crippen LogP contribution >= 0.6 is 0 Å². The molecule has 0 bridgehead atoms. The highest BCUT2D eigenvalue weighted by Gasteiger charge is 2.17. The molecule has 28 heavy (non-hydrogen) atoms. The fourth-order valence-electron chi connectivity index (χ4n) is 2.97. The van der Waals surface area contributed by atoms with E-state index in [1.165, 1.54) is 0 Å². The molecule has 0 spiro atoms. The van der Waals surface area contributed by atoms with Gasteiger partial charge in [-0.25, -0.2) is 0 Å². The predicted octanol–water partition coefficient (Wildman–Crippen LogP) is 3.67. The summed E-state index contributed by atoms with van der Waals surface area (Å²) in [6.45, 7) is 1.86. The number of methoxy groups -OCH3 is 1. The third-order valence-electron chi connectivity index (χ3n) is 4.43. The zero-order valence-electron chi connectivity index (χ0n) is 15.4. The lowest BCUT2D eigenvalue weighted by Crippen LogP contribution is -2.13. The fraction of sp³-hybridized carbons (Fsp3) is 0.0952. The van der Waals surface area contributed by atoms with E-state index in [0.29, 0.717) is 22.7 Å². The van der Waals surface area contributed by atoms with E-state index in [1.54, 1.807) is 42.0 Å². The number of hydrogen-bond donors (Lipinski definition) is 2. The third-order valence-corrected chi connectivity index (χ3v) is 4.43. The monoisotopic (exact) mass is 374 g/mol. The molecular weight excluding hydrogens is 356 g/mol. The molecule has 0 aliphatic carbocycles. The van der Waals surface area contributed by atoms with Gasteiger partial charge in [0.05, 0.1) is 18.4 Å². The first kappa shape index (κ1) is 17.5. The van der Waals surface area contributed by atoms with E-state index >= 15 is 0 Å². The van der Waals surface area contributed by atoms with Crippen molar-refractivity contribution < 1.29 is 14.6 Å². The van der Waals surface area contributed by atoms with Gasteiger partial charge in [0.15, 0.2) is 11.5 Å². The molecule has 4 aromatic rings. The Morgan fingerprint density at radius 1 is 1.11 bits per heavy atom. The number of phenolic OH excluding ortho intramolecular Hbond substituents is 1. The van der Waals surface area contributed by atoms with Crippen LogP contribution in [-0.4, -0.2) is 32.7 Å². The van der Waals surface area contributed by atoms with Crippen LogP contribution in [0.3, 0.4) is 0 Å². The van der Waals surface area contributed by atoms with Gasteiger partial charge in [-0.15, -0.1) is 10.2 Å². The molecule has 0 saturated heterocycles. The number of pyridine rings is 1. The lowest BCUT2D eigenvalue weighted by molar-refractivity contribution is 0.102. The number of amides is 1. The van der Waals surface area contributed by atoms with Crippen LogP contribution in [0.15, 0.2) is 60.8 Å². The van der Waals surface area contributed by atoms with E-state index in [1.807, 2.05) is 37.3 Å². The Kier molecular flexibility index (Phi) is 4.41. The first-order valence-corrected chi connectivity index (χ1v) is 8.66. The minimum Gasteiger partial charge on any atom is -0.506 e. The molecule has 0 aliphatic heterocycles. The molecule has 0 unspecified atom stereocenters. The van der Waals surface area contributed by atoms with Crippen LogP contribution in [-0.2, 0) is 0 Å². The number of phenols is 1. The van der Waals surface area contributed by atoms with Crippen LogP contribution in [0.5, 0.6) is 11.5 Å². The maximum atomic E-state index is 12.8. The molecule has 4 rings (SSSR count). The molecule has 7 heteroatoms. The second-order valence-electron chi connectivity index (χ2n) is 6.34. The van der Waals surface area contributed by atoms with Crippen molar-refractivity contribution in [2.75, 3.05) is 12.4 Å². The Hall–Kier alpha value is -3.87. The van der Waals surface area contributed by atoms with Gasteiger partial charge >= 0.3 is 0 Å². The van der Waals surface area contributed by atoms with Crippen LogP contribution in [0.25, 0.3) is 17.0 Å². The van der Waals surface area contributed by atoms with Gasteiger partial charge in [-0.3, -0.25) is 9.20 Å². The highest BCUT2D eigenvalue weighted by atomic mass is 16.5. The largest absolute Gasteiger partial charge is 0.506 e. The standard InChI is InChI=1S/C21H18N4O3/c1-13-5-10-17(18(26)12-13)22-21(27)16-4-3-11-25-19(23-24-20(16)25)14-6-8-15(28-2)9-7-14/h3-12,26H,1-2H3,(H,22,27). The van der Waals surface area contributed by atoms with Crippen LogP contribution < -0.4 is 10.1 Å². The van der Waals surface area contributed by atoms with E-state index < -0.39 is 0 Å². The van der Waals surface area contributed by atoms with Crippen molar-refractivity contribution in [3.05, 3.63) is 71.9 Å². The molecule has 0 fully saturated rings. The van der Waals surface area contributed by atoms with Crippen molar-refractivity contribution in [3.8, 4) is 22.9 Å². The summed E-state index contributed by atoms with van der Waals surface area (Å²) in [6, 6.07) is 15.9. The van der Waals surface area contributed by atoms with Gasteiger partial charge < -0.3 is 15.2 Å². The summed E-state index contributed by atoms with van der Waals surface area (Å²) in [7, 11) is 1.61. The van der Waals surface area contributed by atoms with Crippen molar-refractivity contribution in [1.29, 1.82) is 0 Å². The third kappa shape index (κ3) is 3.14. The topological polar surface area (TPSA) is 88.8 Å². The van der Waals surface area contributed by atoms with Gasteiger partial charge in [-0.2, -0.15) is 0 Å². The fourth-order valence-corrected chi connectivity index (χ4v) is 2.97. The van der Waals surface area contributed by atoms with Crippen LogP contribution in [0.1, 0.15) is 15.9 Å². The second kappa shape index (κ2) is 7.03. The lowest BCUT2D eigenvalue weighted by Gasteiger charge is -2.09. The summed E-state index contributed by atoms with van der Waals surface area (Å²) in [5.74, 6) is 1.00. The number of aromatic hydroxyl groups is 1. The molecule has 0 aliphatic rings. The lowest BCUT2D eigenvalue weighted by atomic mass is 10.2. The molecule has 2 heterocycles. The number of carbonyl (C=O) groups excluding carboxylic acids is 1. The number of benzene rings is 2. The van der Waals surface area contributed by atoms with Crippen LogP contribution in [0.4, 0.5) is 5.69 Å². The molecular formula is C21H18N4O3. The van der Waals surface area contributed by atoms with E-state index in [-0.39, 0.29) is 11.7 Å². The first-order valence-electron chi connectivity index (χ1n) is 8.66. The van der Waals surface area contributed by atoms with Crippen LogP contribution in [0, 0.1) is 6.92 Å². The Morgan fingerprint density at radius 2 is 1.89 bits per heavy atom. The number of hydrogen-bond acceptors (Lipinski definition) is 5. The molecule has 140 valence electrons. The van der Waals surface area contributed by atoms with Gasteiger partial charge in [0.1, 0.15) is 11.5 Å². The van der Waals surface area contributed by atoms with Gasteiger partial charge in [-0.05, 0) is 61.0 Å². The van der Waals surface area contributed by atoms with Crippen molar-refractivity contribution in [1.82, 2.24) is 14.6 Å². The highest BCUT2D eigenvalue weighted by molar-refractivity contribution is 6.08. The highest BCUT2D eigenvalue weighted by Crippen LogP contribution is 2.26. The number of rotatable bonds is 4. The maximum Gasteiger partial charge on any atom is 0.259 e. The number of nitrogens with zero attached hydrogens (tertiary/aromatic N) is 3. The van der Waals surface area contributed by atoms with Crippen molar-refractivity contribution in [2.24, 2.45) is 0 Å². The Balaban J connectivity index is 1.70. The number of ether oxygens (including phenoxy) is 1. The van der Waals surface area contributed by atoms with E-state index in [0.717, 1.165) is 16.9 Å². The van der Waals surface area contributed by atoms with Crippen molar-refractivity contribution >= 4 is 17.2 Å². The predicted molar refractivity (Wildman–Crippen MR) is 106 cm³/mol. The SMILES string of the molecule is COc1ccc(-c2nnc3c(C(=O)Nc4ccc(C)cc4O)cccn23)cc1. The number of aryl methyl sites for hydroxylation is 1. The number of anilines is 1. The molecule has 2 N–H and O–H groups in total. The molecule has 0 saturated carbocycles. The number of carbonyl (C=O) groups is 1. The smallest absolute Gasteiger partial charge is 0.259 e. The zero-order chi connectivity index (χ0) is 19.7. The molecule has 1 amide bonds. The molecule has 7 nitrogen and oxygen atoms in total. The zero-order valence-corrected chi connectivity index (χ0v) is 15.4. The second-order valence-corrected chi connectivity index (χ2v) is 6.34. The Bertz CT molecular complexity index is 1170. The number of nitrogens with one attached hydrogen (secondary N) is 1. The normalized spacial score (nSPS) is 10.8. The Morgan fingerprint density at radius 3 is 2.61 bits per heavy atom. The summed E-state index contributed by atoms with van der Waals surface area (Å²) in [5, 5.41) is 21.2. The molecule has 0 atom stereocenters. The maximum absolute atomic E-state index is 12.8. The van der Waals surface area contributed by atoms with Gasteiger partial charge in [0.2, 0.25) is 0 Å². The number of aromatic nitrogens is 3. The summed E-state index contributed by atoms with van der Waals surface area (Å²) in [4.78, 5) is 12.8. The average molecular weight is 374 g/mol. The Labute approximate surface area is 161 Å². The van der Waals surface area contributed by atoms with Crippen molar-refractivity contribution in [2.45, 2.75) is 6.92 Å². The minimum atomic E-state index is -0.376. The number of fused-ring (bicyclic) bond motifs is 1. The van der Waals surface area contributed by atoms with Crippen molar-refractivity contribution in [3.63, 3.8) is 0 Å². The van der Waals surface area contributed by atoms with Gasteiger partial charge in [0.25, 0.3) is 5.91 Å². The van der Waals surface area contributed by atoms with E-state index in [9.17, 15) is 9.90 Å². The molecule has 2 aromatic carbocycles. The summed E-state index contributed by atoms with van der Waals surface area (Å²) in [5.41, 5.74) is 2.88. The van der Waals surface area contributed by atoms with E-state index in [4.69, 9.17) is 4.74 Å². The summed E-state index contributed by atoms with van der Waals surface area (Å²) < 4.78 is 6.94. The van der Waals surface area contributed by atoms with Crippen LogP contribution in [0.2, 0.25) is 0 Å². The van der Waals surface area contributed by atoms with Gasteiger partial charge in [0, 0.05) is 11.8 Å². The summed E-state index contributed by atoms with van der Waals surface area (Å²) in [6.07, 6.45) is 1.80. The minimum absolute atomic E-state index is 0.0145. The van der Waals surface area contributed by atoms with E-state index in [2.05, 4.69) is 15.5 Å². The quantitative estimate of drug-likeness (QED) is 0.532. The van der Waals surface area contributed by atoms with Gasteiger partial charge in [-0.1, -0.05) is 6.07 Å². The first-order chi connectivity index (χ1) is 13.6. The summed E-state index contributed by atoms with van der Waals surface area (Å²) >= 11 is 0.